The van der Waals surface area contributed by atoms with Crippen LogP contribution in [0.1, 0.15) is 17.3 Å². The SMILES string of the molecule is CCOC(=O)c1ccc2c(c1)nnn2-c1ccc(OC)cc1. The van der Waals surface area contributed by atoms with Crippen molar-refractivity contribution in [3.8, 4) is 11.4 Å². The summed E-state index contributed by atoms with van der Waals surface area (Å²) in [6.07, 6.45) is 0. The largest absolute Gasteiger partial charge is 0.497 e. The lowest BCUT2D eigenvalue weighted by molar-refractivity contribution is 0.0526. The van der Waals surface area contributed by atoms with Gasteiger partial charge in [0.05, 0.1) is 30.5 Å². The number of hydrogen-bond donors (Lipinski definition) is 0. The van der Waals surface area contributed by atoms with Gasteiger partial charge in [0.15, 0.2) is 0 Å². The van der Waals surface area contributed by atoms with Crippen LogP contribution in [0.15, 0.2) is 42.5 Å². The smallest absolute Gasteiger partial charge is 0.338 e. The Morgan fingerprint density at radius 3 is 2.64 bits per heavy atom. The molecule has 112 valence electrons. The minimum absolute atomic E-state index is 0.343. The van der Waals surface area contributed by atoms with Crippen molar-refractivity contribution >= 4 is 17.0 Å². The Kier molecular flexibility index (Phi) is 3.74. The van der Waals surface area contributed by atoms with E-state index in [0.29, 0.717) is 17.7 Å². The summed E-state index contributed by atoms with van der Waals surface area (Å²) < 4.78 is 11.8. The molecule has 6 heteroatoms. The van der Waals surface area contributed by atoms with E-state index in [1.54, 1.807) is 30.8 Å². The molecule has 0 amide bonds. The van der Waals surface area contributed by atoms with Crippen LogP contribution in [0.4, 0.5) is 0 Å². The van der Waals surface area contributed by atoms with Crippen LogP contribution in [0.5, 0.6) is 5.75 Å². The van der Waals surface area contributed by atoms with Crippen LogP contribution < -0.4 is 4.74 Å². The van der Waals surface area contributed by atoms with Crippen LogP contribution in [0.25, 0.3) is 16.7 Å². The third-order valence-electron chi connectivity index (χ3n) is 3.27. The van der Waals surface area contributed by atoms with Gasteiger partial charge in [0.25, 0.3) is 0 Å². The maximum Gasteiger partial charge on any atom is 0.338 e. The zero-order valence-electron chi connectivity index (χ0n) is 12.3. The molecule has 3 aromatic rings. The van der Waals surface area contributed by atoms with Crippen LogP contribution in [0, 0.1) is 0 Å². The van der Waals surface area contributed by atoms with Gasteiger partial charge >= 0.3 is 5.97 Å². The number of hydrogen-bond acceptors (Lipinski definition) is 5. The van der Waals surface area contributed by atoms with Crippen molar-refractivity contribution in [1.29, 1.82) is 0 Å². The van der Waals surface area contributed by atoms with Gasteiger partial charge in [-0.2, -0.15) is 0 Å². The van der Waals surface area contributed by atoms with Gasteiger partial charge in [-0.05, 0) is 49.4 Å². The zero-order valence-corrected chi connectivity index (χ0v) is 12.3. The Morgan fingerprint density at radius 1 is 1.18 bits per heavy atom. The van der Waals surface area contributed by atoms with Crippen molar-refractivity contribution in [3.05, 3.63) is 48.0 Å². The molecule has 22 heavy (non-hydrogen) atoms. The molecule has 0 atom stereocenters. The predicted molar refractivity (Wildman–Crippen MR) is 81.4 cm³/mol. The van der Waals surface area contributed by atoms with Gasteiger partial charge in [-0.15, -0.1) is 5.10 Å². The molecule has 0 saturated carbocycles. The summed E-state index contributed by atoms with van der Waals surface area (Å²) in [5.74, 6) is 0.418. The van der Waals surface area contributed by atoms with Crippen molar-refractivity contribution in [2.75, 3.05) is 13.7 Å². The molecule has 1 heterocycles. The molecule has 0 unspecified atom stereocenters. The summed E-state index contributed by atoms with van der Waals surface area (Å²) in [5, 5.41) is 8.26. The molecule has 6 nitrogen and oxygen atoms in total. The number of ether oxygens (including phenoxy) is 2. The topological polar surface area (TPSA) is 66.2 Å². The van der Waals surface area contributed by atoms with Crippen LogP contribution in [-0.4, -0.2) is 34.7 Å². The maximum atomic E-state index is 11.7. The Morgan fingerprint density at radius 2 is 1.95 bits per heavy atom. The van der Waals surface area contributed by atoms with E-state index < -0.39 is 0 Å². The first-order valence-electron chi connectivity index (χ1n) is 6.90. The number of carbonyl (C=O) groups is 1. The van der Waals surface area contributed by atoms with E-state index in [-0.39, 0.29) is 5.97 Å². The highest BCUT2D eigenvalue weighted by Gasteiger charge is 2.11. The molecular formula is C16H15N3O3. The molecule has 0 spiro atoms. The van der Waals surface area contributed by atoms with E-state index >= 15 is 0 Å². The maximum absolute atomic E-state index is 11.7. The number of rotatable bonds is 4. The molecule has 1 aromatic heterocycles. The number of nitrogens with zero attached hydrogens (tertiary/aromatic N) is 3. The van der Waals surface area contributed by atoms with Crippen molar-refractivity contribution in [2.24, 2.45) is 0 Å². The standard InChI is InChI=1S/C16H15N3O3/c1-3-22-16(20)11-4-9-15-14(10-11)17-18-19(15)12-5-7-13(21-2)8-6-12/h4-10H,3H2,1-2H3. The molecule has 0 N–H and O–H groups in total. The van der Waals surface area contributed by atoms with Gasteiger partial charge in [0, 0.05) is 0 Å². The monoisotopic (exact) mass is 297 g/mol. The molecule has 0 aliphatic rings. The van der Waals surface area contributed by atoms with E-state index in [4.69, 9.17) is 9.47 Å². The van der Waals surface area contributed by atoms with E-state index in [2.05, 4.69) is 10.3 Å². The second kappa shape index (κ2) is 5.85. The van der Waals surface area contributed by atoms with Crippen LogP contribution >= 0.6 is 0 Å². The molecule has 0 radical (unpaired) electrons. The number of esters is 1. The number of aromatic nitrogens is 3. The highest BCUT2D eigenvalue weighted by molar-refractivity contribution is 5.93. The summed E-state index contributed by atoms with van der Waals surface area (Å²) >= 11 is 0. The van der Waals surface area contributed by atoms with Crippen molar-refractivity contribution < 1.29 is 14.3 Å². The lowest BCUT2D eigenvalue weighted by Crippen LogP contribution is -2.04. The van der Waals surface area contributed by atoms with E-state index in [1.165, 1.54) is 0 Å². The molecule has 3 rings (SSSR count). The summed E-state index contributed by atoms with van der Waals surface area (Å²) in [6.45, 7) is 2.12. The fourth-order valence-corrected chi connectivity index (χ4v) is 2.18. The number of carbonyl (C=O) groups excluding carboxylic acids is 1. The summed E-state index contributed by atoms with van der Waals surface area (Å²) in [5.41, 5.74) is 2.79. The first-order valence-corrected chi connectivity index (χ1v) is 6.90. The molecule has 0 aliphatic heterocycles. The molecule has 0 bridgehead atoms. The van der Waals surface area contributed by atoms with Crippen LogP contribution in [-0.2, 0) is 4.74 Å². The first-order chi connectivity index (χ1) is 10.7. The third-order valence-corrected chi connectivity index (χ3v) is 3.27. The Labute approximate surface area is 127 Å². The minimum atomic E-state index is -0.358. The van der Waals surface area contributed by atoms with Gasteiger partial charge in [0.1, 0.15) is 11.3 Å². The average Bonchev–Trinajstić information content (AvgIpc) is 2.98. The van der Waals surface area contributed by atoms with Crippen LogP contribution in [0.3, 0.4) is 0 Å². The molecule has 2 aromatic carbocycles. The molecular weight excluding hydrogens is 282 g/mol. The lowest BCUT2D eigenvalue weighted by Gasteiger charge is -2.04. The number of benzene rings is 2. The van der Waals surface area contributed by atoms with Crippen molar-refractivity contribution in [2.45, 2.75) is 6.92 Å². The number of methoxy groups -OCH3 is 1. The summed E-state index contributed by atoms with van der Waals surface area (Å²) in [7, 11) is 1.62. The van der Waals surface area contributed by atoms with Gasteiger partial charge in [-0.1, -0.05) is 5.21 Å². The van der Waals surface area contributed by atoms with E-state index in [9.17, 15) is 4.79 Å². The fraction of sp³-hybridized carbons (Fsp3) is 0.188. The highest BCUT2D eigenvalue weighted by Crippen LogP contribution is 2.20. The minimum Gasteiger partial charge on any atom is -0.497 e. The van der Waals surface area contributed by atoms with Gasteiger partial charge < -0.3 is 9.47 Å². The second-order valence-corrected chi connectivity index (χ2v) is 4.62. The Balaban J connectivity index is 1.99. The predicted octanol–water partition coefficient (Wildman–Crippen LogP) is 2.61. The van der Waals surface area contributed by atoms with E-state index in [1.807, 2.05) is 30.3 Å². The zero-order chi connectivity index (χ0) is 15.5. The first kappa shape index (κ1) is 14.1. The fourth-order valence-electron chi connectivity index (χ4n) is 2.18. The molecule has 0 fully saturated rings. The quantitative estimate of drug-likeness (QED) is 0.692. The number of fused-ring (bicyclic) bond motifs is 1. The molecule has 0 saturated heterocycles. The Hall–Kier alpha value is -2.89. The summed E-state index contributed by atoms with van der Waals surface area (Å²) in [6, 6.07) is 12.7. The van der Waals surface area contributed by atoms with Gasteiger partial charge in [0.2, 0.25) is 0 Å². The van der Waals surface area contributed by atoms with Gasteiger partial charge in [-0.3, -0.25) is 0 Å². The average molecular weight is 297 g/mol. The normalized spacial score (nSPS) is 10.6. The lowest BCUT2D eigenvalue weighted by atomic mass is 10.2. The second-order valence-electron chi connectivity index (χ2n) is 4.62. The Bertz CT molecular complexity index is 809. The van der Waals surface area contributed by atoms with Gasteiger partial charge in [-0.25, -0.2) is 9.48 Å². The summed E-state index contributed by atoms with van der Waals surface area (Å²) in [4.78, 5) is 11.7. The highest BCUT2D eigenvalue weighted by atomic mass is 16.5. The molecule has 0 aliphatic carbocycles. The van der Waals surface area contributed by atoms with E-state index in [0.717, 1.165) is 17.0 Å². The van der Waals surface area contributed by atoms with Crippen LogP contribution in [0.2, 0.25) is 0 Å². The van der Waals surface area contributed by atoms with Crippen molar-refractivity contribution in [1.82, 2.24) is 15.0 Å². The van der Waals surface area contributed by atoms with Crippen molar-refractivity contribution in [3.63, 3.8) is 0 Å². The third kappa shape index (κ3) is 2.50.